The Morgan fingerprint density at radius 2 is 1.52 bits per heavy atom. The lowest BCUT2D eigenvalue weighted by Crippen LogP contribution is -2.54. The monoisotopic (exact) mass is 565 g/mol. The number of ether oxygens (including phenoxy) is 1. The summed E-state index contributed by atoms with van der Waals surface area (Å²) < 4.78 is 34.7. The first-order valence-electron chi connectivity index (χ1n) is 13.1. The predicted octanol–water partition coefficient (Wildman–Crippen LogP) is 4.84. The number of rotatable bonds is 10. The molecule has 2 amide bonds. The molecule has 0 aliphatic heterocycles. The normalized spacial score (nSPS) is 12.4. The highest BCUT2D eigenvalue weighted by Crippen LogP contribution is 2.34. The molecule has 0 saturated heterocycles. The highest BCUT2D eigenvalue weighted by Gasteiger charge is 2.34. The fraction of sp³-hybridized carbons (Fsp3) is 0.355. The van der Waals surface area contributed by atoms with Crippen LogP contribution < -0.4 is 14.4 Å². The van der Waals surface area contributed by atoms with Crippen molar-refractivity contribution in [2.45, 2.75) is 64.6 Å². The van der Waals surface area contributed by atoms with Crippen molar-refractivity contribution in [1.82, 2.24) is 10.2 Å². The summed E-state index contributed by atoms with van der Waals surface area (Å²) in [6.45, 7) is 10.5. The maximum absolute atomic E-state index is 14.1. The molecule has 3 aromatic carbocycles. The molecule has 8 nitrogen and oxygen atoms in total. The number of aryl methyl sites for hydroxylation is 2. The van der Waals surface area contributed by atoms with Gasteiger partial charge >= 0.3 is 0 Å². The summed E-state index contributed by atoms with van der Waals surface area (Å²) in [5.41, 5.74) is 2.24. The van der Waals surface area contributed by atoms with Crippen molar-refractivity contribution in [3.05, 3.63) is 89.5 Å². The number of methoxy groups -OCH3 is 1. The van der Waals surface area contributed by atoms with Gasteiger partial charge in [-0.2, -0.15) is 0 Å². The van der Waals surface area contributed by atoms with Crippen molar-refractivity contribution in [1.29, 1.82) is 0 Å². The van der Waals surface area contributed by atoms with Crippen LogP contribution in [0, 0.1) is 13.8 Å². The van der Waals surface area contributed by atoms with E-state index in [0.29, 0.717) is 5.75 Å². The van der Waals surface area contributed by atoms with Crippen LogP contribution >= 0.6 is 0 Å². The number of carbonyl (C=O) groups excluding carboxylic acids is 2. The van der Waals surface area contributed by atoms with Crippen LogP contribution in [0.5, 0.6) is 5.75 Å². The van der Waals surface area contributed by atoms with Gasteiger partial charge in [0, 0.05) is 12.1 Å². The minimum atomic E-state index is -4.19. The molecule has 0 aliphatic carbocycles. The molecule has 0 heterocycles. The average Bonchev–Trinajstić information content (AvgIpc) is 2.89. The van der Waals surface area contributed by atoms with E-state index in [-0.39, 0.29) is 23.0 Å². The molecule has 0 radical (unpaired) electrons. The van der Waals surface area contributed by atoms with Gasteiger partial charge in [0.1, 0.15) is 18.3 Å². The van der Waals surface area contributed by atoms with Gasteiger partial charge in [-0.15, -0.1) is 0 Å². The summed E-state index contributed by atoms with van der Waals surface area (Å²) in [4.78, 5) is 28.7. The zero-order chi connectivity index (χ0) is 29.7. The van der Waals surface area contributed by atoms with Crippen molar-refractivity contribution in [3.8, 4) is 5.75 Å². The molecule has 3 rings (SSSR count). The number of benzene rings is 3. The molecule has 0 bridgehead atoms. The average molecular weight is 566 g/mol. The van der Waals surface area contributed by atoms with Crippen molar-refractivity contribution in [3.63, 3.8) is 0 Å². The SMILES string of the molecule is COc1ccc(C)cc1N(CC(=O)N(Cc1ccccc1)[C@@H](C)C(=O)NC(C)(C)C)S(=O)(=O)c1ccc(C)cc1. The lowest BCUT2D eigenvalue weighted by molar-refractivity contribution is -0.140. The summed E-state index contributed by atoms with van der Waals surface area (Å²) in [6, 6.07) is 20.0. The fourth-order valence-corrected chi connectivity index (χ4v) is 5.60. The van der Waals surface area contributed by atoms with Crippen LogP contribution in [0.15, 0.2) is 77.7 Å². The third-order valence-electron chi connectivity index (χ3n) is 6.35. The number of hydrogen-bond acceptors (Lipinski definition) is 5. The van der Waals surface area contributed by atoms with E-state index in [1.807, 2.05) is 65.0 Å². The minimum absolute atomic E-state index is 0.0441. The first-order valence-corrected chi connectivity index (χ1v) is 14.6. The van der Waals surface area contributed by atoms with Gasteiger partial charge in [-0.05, 0) is 76.9 Å². The summed E-state index contributed by atoms with van der Waals surface area (Å²) in [7, 11) is -2.74. The number of hydrogen-bond donors (Lipinski definition) is 1. The van der Waals surface area contributed by atoms with E-state index in [0.717, 1.165) is 21.0 Å². The zero-order valence-electron chi connectivity index (χ0n) is 24.3. The van der Waals surface area contributed by atoms with E-state index in [9.17, 15) is 18.0 Å². The van der Waals surface area contributed by atoms with Gasteiger partial charge < -0.3 is 15.0 Å². The van der Waals surface area contributed by atoms with Crippen molar-refractivity contribution < 1.29 is 22.7 Å². The number of sulfonamides is 1. The molecule has 0 unspecified atom stereocenters. The lowest BCUT2D eigenvalue weighted by atomic mass is 10.1. The summed E-state index contributed by atoms with van der Waals surface area (Å²) >= 11 is 0. The third kappa shape index (κ3) is 7.63. The second-order valence-electron chi connectivity index (χ2n) is 10.9. The molecule has 40 heavy (non-hydrogen) atoms. The molecular weight excluding hydrogens is 526 g/mol. The van der Waals surface area contributed by atoms with E-state index in [1.165, 1.54) is 24.1 Å². The Morgan fingerprint density at radius 1 is 0.925 bits per heavy atom. The predicted molar refractivity (Wildman–Crippen MR) is 158 cm³/mol. The molecule has 9 heteroatoms. The number of nitrogens with zero attached hydrogens (tertiary/aromatic N) is 2. The number of anilines is 1. The smallest absolute Gasteiger partial charge is 0.264 e. The molecule has 0 aromatic heterocycles. The second kappa shape index (κ2) is 12.6. The Hall–Kier alpha value is -3.85. The first-order chi connectivity index (χ1) is 18.7. The number of amides is 2. The van der Waals surface area contributed by atoms with E-state index in [2.05, 4.69) is 5.32 Å². The molecule has 0 fully saturated rings. The van der Waals surface area contributed by atoms with E-state index in [4.69, 9.17) is 4.74 Å². The quantitative estimate of drug-likeness (QED) is 0.380. The molecule has 1 N–H and O–H groups in total. The molecule has 1 atom stereocenters. The van der Waals surface area contributed by atoms with Crippen LogP contribution in [0.25, 0.3) is 0 Å². The van der Waals surface area contributed by atoms with Gasteiger partial charge in [0.05, 0.1) is 17.7 Å². The van der Waals surface area contributed by atoms with Crippen LogP contribution in [0.3, 0.4) is 0 Å². The number of nitrogens with one attached hydrogen (secondary N) is 1. The van der Waals surface area contributed by atoms with Crippen LogP contribution in [0.2, 0.25) is 0 Å². The highest BCUT2D eigenvalue weighted by atomic mass is 32.2. The van der Waals surface area contributed by atoms with Gasteiger partial charge in [0.25, 0.3) is 10.0 Å². The zero-order valence-corrected chi connectivity index (χ0v) is 25.1. The van der Waals surface area contributed by atoms with Gasteiger partial charge in [-0.3, -0.25) is 13.9 Å². The Labute approximate surface area is 238 Å². The molecule has 0 saturated carbocycles. The Morgan fingerprint density at radius 3 is 2.10 bits per heavy atom. The standard InChI is InChI=1S/C31H39N3O5S/c1-22-13-16-26(17-14-22)40(37,38)34(27-19-23(2)15-18-28(27)39-7)21-29(35)33(20-25-11-9-8-10-12-25)24(3)30(36)32-31(4,5)6/h8-19,24H,20-21H2,1-7H3,(H,32,36)/t24-/m0/s1. The van der Waals surface area contributed by atoms with Crippen molar-refractivity contribution >= 4 is 27.5 Å². The van der Waals surface area contributed by atoms with E-state index < -0.39 is 34.1 Å². The van der Waals surface area contributed by atoms with Crippen LogP contribution in [-0.2, 0) is 26.2 Å². The molecule has 0 spiro atoms. The maximum atomic E-state index is 14.1. The summed E-state index contributed by atoms with van der Waals surface area (Å²) in [6.07, 6.45) is 0. The van der Waals surface area contributed by atoms with Crippen LogP contribution in [-0.4, -0.2) is 50.4 Å². The molecule has 214 valence electrons. The van der Waals surface area contributed by atoms with Gasteiger partial charge in [0.15, 0.2) is 0 Å². The van der Waals surface area contributed by atoms with Crippen LogP contribution in [0.1, 0.15) is 44.4 Å². The molecule has 0 aliphatic rings. The lowest BCUT2D eigenvalue weighted by Gasteiger charge is -2.33. The number of carbonyl (C=O) groups is 2. The van der Waals surface area contributed by atoms with Crippen LogP contribution in [0.4, 0.5) is 5.69 Å². The van der Waals surface area contributed by atoms with E-state index >= 15 is 0 Å². The van der Waals surface area contributed by atoms with Gasteiger partial charge in [-0.25, -0.2) is 8.42 Å². The highest BCUT2D eigenvalue weighted by molar-refractivity contribution is 7.92. The fourth-order valence-electron chi connectivity index (χ4n) is 4.18. The van der Waals surface area contributed by atoms with Crippen molar-refractivity contribution in [2.75, 3.05) is 18.0 Å². The third-order valence-corrected chi connectivity index (χ3v) is 8.13. The summed E-state index contributed by atoms with van der Waals surface area (Å²) in [5, 5.41) is 2.93. The molecular formula is C31H39N3O5S. The van der Waals surface area contributed by atoms with Gasteiger partial charge in [0.2, 0.25) is 11.8 Å². The van der Waals surface area contributed by atoms with E-state index in [1.54, 1.807) is 37.3 Å². The second-order valence-corrected chi connectivity index (χ2v) is 12.8. The first kappa shape index (κ1) is 30.7. The summed E-state index contributed by atoms with van der Waals surface area (Å²) in [5.74, 6) is -0.556. The van der Waals surface area contributed by atoms with Gasteiger partial charge in [-0.1, -0.05) is 54.1 Å². The maximum Gasteiger partial charge on any atom is 0.264 e. The topological polar surface area (TPSA) is 96.0 Å². The Bertz CT molecular complexity index is 1430. The largest absolute Gasteiger partial charge is 0.495 e. The minimum Gasteiger partial charge on any atom is -0.495 e. The Balaban J connectivity index is 2.10. The molecule has 3 aromatic rings. The van der Waals surface area contributed by atoms with Crippen molar-refractivity contribution in [2.24, 2.45) is 0 Å². The Kier molecular flexibility index (Phi) is 9.63.